The zero-order valence-corrected chi connectivity index (χ0v) is 14.2. The minimum atomic E-state index is -4.41. The number of aryl methyl sites for hydroxylation is 1. The first-order valence-electron chi connectivity index (χ1n) is 7.72. The molecule has 1 saturated heterocycles. The average molecular weight is 345 g/mol. The fraction of sp³-hybridized carbons (Fsp3) is 0.588. The lowest BCUT2D eigenvalue weighted by Gasteiger charge is -2.39. The second-order valence-corrected chi connectivity index (χ2v) is 6.98. The molecular formula is C17H22F3NO3. The van der Waals surface area contributed by atoms with Gasteiger partial charge in [0.25, 0.3) is 0 Å². The van der Waals surface area contributed by atoms with Crippen LogP contribution in [-0.4, -0.2) is 35.8 Å². The highest BCUT2D eigenvalue weighted by atomic mass is 19.4. The molecular weight excluding hydrogens is 323 g/mol. The van der Waals surface area contributed by atoms with Crippen molar-refractivity contribution in [1.82, 2.24) is 4.90 Å². The lowest BCUT2D eigenvalue weighted by Crippen LogP contribution is -2.55. The van der Waals surface area contributed by atoms with E-state index in [4.69, 9.17) is 9.47 Å². The molecule has 1 aromatic rings. The summed E-state index contributed by atoms with van der Waals surface area (Å²) in [5, 5.41) is 0. The number of alkyl halides is 3. The van der Waals surface area contributed by atoms with Crippen LogP contribution in [0.1, 0.15) is 37.5 Å². The summed E-state index contributed by atoms with van der Waals surface area (Å²) in [6.07, 6.45) is -5.12. The van der Waals surface area contributed by atoms with E-state index in [0.29, 0.717) is 18.7 Å². The molecule has 0 radical (unpaired) electrons. The number of carbonyl (C=O) groups is 1. The van der Waals surface area contributed by atoms with Crippen molar-refractivity contribution in [3.8, 4) is 0 Å². The Bertz CT molecular complexity index is 602. The zero-order chi connectivity index (χ0) is 18.1. The van der Waals surface area contributed by atoms with Crippen LogP contribution in [0, 0.1) is 6.92 Å². The molecule has 0 N–H and O–H groups in total. The summed E-state index contributed by atoms with van der Waals surface area (Å²) < 4.78 is 49.9. The number of ether oxygens (including phenoxy) is 2. The molecule has 1 heterocycles. The van der Waals surface area contributed by atoms with Crippen molar-refractivity contribution in [3.63, 3.8) is 0 Å². The van der Waals surface area contributed by atoms with Crippen LogP contribution in [-0.2, 0) is 22.3 Å². The Balaban J connectivity index is 1.88. The molecule has 1 aliphatic heterocycles. The van der Waals surface area contributed by atoms with E-state index in [-0.39, 0.29) is 18.3 Å². The van der Waals surface area contributed by atoms with Crippen LogP contribution in [0.3, 0.4) is 0 Å². The van der Waals surface area contributed by atoms with E-state index >= 15 is 0 Å². The largest absolute Gasteiger partial charge is 0.444 e. The van der Waals surface area contributed by atoms with Gasteiger partial charge in [-0.25, -0.2) is 4.79 Å². The van der Waals surface area contributed by atoms with Gasteiger partial charge in [0.15, 0.2) is 0 Å². The fourth-order valence-corrected chi connectivity index (χ4v) is 2.31. The third kappa shape index (κ3) is 4.87. The van der Waals surface area contributed by atoms with Gasteiger partial charge in [0.1, 0.15) is 5.60 Å². The number of nitrogens with zero attached hydrogens (tertiary/aromatic N) is 1. The van der Waals surface area contributed by atoms with Crippen molar-refractivity contribution < 1.29 is 27.4 Å². The molecule has 1 aliphatic rings. The summed E-state index contributed by atoms with van der Waals surface area (Å²) in [6, 6.07) is 4.18. The highest BCUT2D eigenvalue weighted by molar-refractivity contribution is 5.69. The maximum atomic E-state index is 13.0. The standard InChI is InChI=1S/C17H22F3NO3/c1-11-5-6-12(14(7-11)17(18,19)20)10-23-13-8-21(9-13)15(22)24-16(2,3)4/h5-7,13H,8-10H2,1-4H3. The third-order valence-corrected chi connectivity index (χ3v) is 3.55. The number of hydrogen-bond acceptors (Lipinski definition) is 3. The molecule has 7 heteroatoms. The minimum Gasteiger partial charge on any atom is -0.444 e. The molecule has 1 amide bonds. The van der Waals surface area contributed by atoms with Crippen LogP contribution in [0.25, 0.3) is 0 Å². The molecule has 4 nitrogen and oxygen atoms in total. The molecule has 0 atom stereocenters. The Morgan fingerprint density at radius 1 is 1.25 bits per heavy atom. The van der Waals surface area contributed by atoms with Gasteiger partial charge in [-0.15, -0.1) is 0 Å². The van der Waals surface area contributed by atoms with Crippen LogP contribution in [0.2, 0.25) is 0 Å². The molecule has 0 aliphatic carbocycles. The Hall–Kier alpha value is -1.76. The van der Waals surface area contributed by atoms with Crippen LogP contribution < -0.4 is 0 Å². The van der Waals surface area contributed by atoms with E-state index in [0.717, 1.165) is 6.07 Å². The predicted octanol–water partition coefficient (Wildman–Crippen LogP) is 4.15. The third-order valence-electron chi connectivity index (χ3n) is 3.55. The maximum Gasteiger partial charge on any atom is 0.416 e. The number of rotatable bonds is 3. The van der Waals surface area contributed by atoms with E-state index in [1.54, 1.807) is 33.8 Å². The van der Waals surface area contributed by atoms with Crippen molar-refractivity contribution in [2.75, 3.05) is 13.1 Å². The Kier molecular flexibility index (Phi) is 5.13. The summed E-state index contributed by atoms with van der Waals surface area (Å²) in [7, 11) is 0. The lowest BCUT2D eigenvalue weighted by atomic mass is 10.0. The second kappa shape index (κ2) is 6.63. The summed E-state index contributed by atoms with van der Waals surface area (Å²) in [5.74, 6) is 0. The van der Waals surface area contributed by atoms with Gasteiger partial charge < -0.3 is 14.4 Å². The Morgan fingerprint density at radius 3 is 2.42 bits per heavy atom. The quantitative estimate of drug-likeness (QED) is 0.826. The van der Waals surface area contributed by atoms with E-state index < -0.39 is 23.4 Å². The first-order chi connectivity index (χ1) is 11.0. The fourth-order valence-electron chi connectivity index (χ4n) is 2.31. The molecule has 24 heavy (non-hydrogen) atoms. The van der Waals surface area contributed by atoms with Gasteiger partial charge in [-0.05, 0) is 39.3 Å². The van der Waals surface area contributed by atoms with Crippen molar-refractivity contribution in [2.45, 2.75) is 52.2 Å². The topological polar surface area (TPSA) is 38.8 Å². The Morgan fingerprint density at radius 2 is 1.88 bits per heavy atom. The number of likely N-dealkylation sites (tertiary alicyclic amines) is 1. The molecule has 0 aromatic heterocycles. The van der Waals surface area contributed by atoms with Gasteiger partial charge in [-0.3, -0.25) is 0 Å². The van der Waals surface area contributed by atoms with E-state index in [2.05, 4.69) is 0 Å². The highest BCUT2D eigenvalue weighted by Gasteiger charge is 2.36. The molecule has 0 unspecified atom stereocenters. The lowest BCUT2D eigenvalue weighted by molar-refractivity contribution is -0.139. The number of benzene rings is 1. The first kappa shape index (κ1) is 18.6. The molecule has 0 saturated carbocycles. The molecule has 0 spiro atoms. The normalized spacial score (nSPS) is 16.0. The number of amides is 1. The van der Waals surface area contributed by atoms with Gasteiger partial charge in [-0.2, -0.15) is 13.2 Å². The Labute approximate surface area is 139 Å². The predicted molar refractivity (Wildman–Crippen MR) is 82.6 cm³/mol. The smallest absolute Gasteiger partial charge is 0.416 e. The van der Waals surface area contributed by atoms with Gasteiger partial charge >= 0.3 is 12.3 Å². The van der Waals surface area contributed by atoms with Gasteiger partial charge in [0.05, 0.1) is 31.4 Å². The highest BCUT2D eigenvalue weighted by Crippen LogP contribution is 2.33. The molecule has 1 aromatic carbocycles. The van der Waals surface area contributed by atoms with Gasteiger partial charge in [0, 0.05) is 0 Å². The summed E-state index contributed by atoms with van der Waals surface area (Å²) >= 11 is 0. The monoisotopic (exact) mass is 345 g/mol. The van der Waals surface area contributed by atoms with Gasteiger partial charge in [-0.1, -0.05) is 17.7 Å². The van der Waals surface area contributed by atoms with Crippen LogP contribution in [0.15, 0.2) is 18.2 Å². The molecule has 2 rings (SSSR count). The first-order valence-corrected chi connectivity index (χ1v) is 7.72. The number of halogens is 3. The summed E-state index contributed by atoms with van der Waals surface area (Å²) in [6.45, 7) is 7.44. The summed E-state index contributed by atoms with van der Waals surface area (Å²) in [5.41, 5.74) is -0.604. The van der Waals surface area contributed by atoms with Crippen molar-refractivity contribution in [3.05, 3.63) is 34.9 Å². The second-order valence-electron chi connectivity index (χ2n) is 6.98. The molecule has 134 valence electrons. The van der Waals surface area contributed by atoms with Crippen LogP contribution in [0.4, 0.5) is 18.0 Å². The van der Waals surface area contributed by atoms with Crippen molar-refractivity contribution >= 4 is 6.09 Å². The summed E-state index contributed by atoms with van der Waals surface area (Å²) in [4.78, 5) is 13.3. The maximum absolute atomic E-state index is 13.0. The van der Waals surface area contributed by atoms with Crippen LogP contribution in [0.5, 0.6) is 0 Å². The number of carbonyl (C=O) groups excluding carboxylic acids is 1. The SMILES string of the molecule is Cc1ccc(COC2CN(C(=O)OC(C)(C)C)C2)c(C(F)(F)F)c1. The average Bonchev–Trinajstić information content (AvgIpc) is 2.35. The minimum absolute atomic E-state index is 0.101. The van der Waals surface area contributed by atoms with Gasteiger partial charge in [0.2, 0.25) is 0 Å². The van der Waals surface area contributed by atoms with Crippen molar-refractivity contribution in [1.29, 1.82) is 0 Å². The van der Waals surface area contributed by atoms with E-state index in [1.807, 2.05) is 0 Å². The van der Waals surface area contributed by atoms with Crippen molar-refractivity contribution in [2.24, 2.45) is 0 Å². The zero-order valence-electron chi connectivity index (χ0n) is 14.2. The molecule has 1 fully saturated rings. The van der Waals surface area contributed by atoms with E-state index in [1.165, 1.54) is 11.0 Å². The number of hydrogen-bond donors (Lipinski definition) is 0. The molecule has 0 bridgehead atoms. The van der Waals surface area contributed by atoms with E-state index in [9.17, 15) is 18.0 Å². The van der Waals surface area contributed by atoms with Crippen LogP contribution >= 0.6 is 0 Å².